The van der Waals surface area contributed by atoms with Gasteiger partial charge in [-0.3, -0.25) is 10.2 Å². The Kier molecular flexibility index (Phi) is 9.11. The van der Waals surface area contributed by atoms with Gasteiger partial charge in [0.25, 0.3) is 0 Å². The van der Waals surface area contributed by atoms with Crippen LogP contribution in [0.5, 0.6) is 0 Å². The van der Waals surface area contributed by atoms with E-state index in [1.54, 1.807) is 20.8 Å². The van der Waals surface area contributed by atoms with Gasteiger partial charge in [0.05, 0.1) is 39.6 Å². The van der Waals surface area contributed by atoms with E-state index in [0.29, 0.717) is 31.6 Å². The van der Waals surface area contributed by atoms with E-state index in [1.807, 2.05) is 0 Å². The van der Waals surface area contributed by atoms with Crippen molar-refractivity contribution >= 4 is 17.7 Å². The molecule has 18 heteroatoms. The summed E-state index contributed by atoms with van der Waals surface area (Å²) < 4.78 is 130. The third-order valence-electron chi connectivity index (χ3n) is 7.91. The quantitative estimate of drug-likeness (QED) is 0.228. The number of halogens is 9. The van der Waals surface area contributed by atoms with E-state index in [0.717, 1.165) is 18.2 Å². The van der Waals surface area contributed by atoms with Crippen LogP contribution in [0.25, 0.3) is 0 Å². The number of amides is 1. The van der Waals surface area contributed by atoms with E-state index in [1.165, 1.54) is 14.4 Å². The maximum absolute atomic E-state index is 13.8. The molecule has 0 spiro atoms. The van der Waals surface area contributed by atoms with Crippen LogP contribution in [0.1, 0.15) is 73.5 Å². The highest BCUT2D eigenvalue weighted by Gasteiger charge is 2.41. The summed E-state index contributed by atoms with van der Waals surface area (Å²) >= 11 is 0. The number of carbonyl (C=O) groups excluding carboxylic acids is 1. The number of tetrazole rings is 1. The molecule has 5 rings (SSSR count). The van der Waals surface area contributed by atoms with Crippen LogP contribution >= 0.6 is 0 Å². The lowest BCUT2D eigenvalue weighted by Gasteiger charge is -2.38. The molecule has 47 heavy (non-hydrogen) atoms. The highest BCUT2D eigenvalue weighted by Crippen LogP contribution is 2.42. The first kappa shape index (κ1) is 34.3. The predicted octanol–water partition coefficient (Wildman–Crippen LogP) is 6.50. The van der Waals surface area contributed by atoms with Gasteiger partial charge in [0.1, 0.15) is 17.8 Å². The zero-order valence-corrected chi connectivity index (χ0v) is 25.3. The number of hydrogen-bond acceptors (Lipinski definition) is 6. The first-order chi connectivity index (χ1) is 21.8. The Morgan fingerprint density at radius 2 is 1.64 bits per heavy atom. The summed E-state index contributed by atoms with van der Waals surface area (Å²) in [5, 5.41) is 14.4. The third-order valence-corrected chi connectivity index (χ3v) is 7.91. The molecule has 2 aromatic carbocycles. The van der Waals surface area contributed by atoms with Gasteiger partial charge in [-0.05, 0) is 75.7 Å². The Bertz CT molecular complexity index is 1580. The van der Waals surface area contributed by atoms with Crippen molar-refractivity contribution in [3.05, 3.63) is 64.2 Å². The Morgan fingerprint density at radius 1 is 1.00 bits per heavy atom. The van der Waals surface area contributed by atoms with Crippen LogP contribution in [-0.2, 0) is 29.8 Å². The summed E-state index contributed by atoms with van der Waals surface area (Å²) in [7, 11) is 0. The van der Waals surface area contributed by atoms with Gasteiger partial charge in [-0.15, -0.1) is 4.68 Å². The number of alkyl halides is 9. The van der Waals surface area contributed by atoms with Crippen LogP contribution in [0.4, 0.5) is 55.9 Å². The molecule has 1 amide bonds. The van der Waals surface area contributed by atoms with Crippen molar-refractivity contribution in [1.82, 2.24) is 20.4 Å². The van der Waals surface area contributed by atoms with Gasteiger partial charge >= 0.3 is 30.6 Å². The Balaban J connectivity index is 1.59. The van der Waals surface area contributed by atoms with Crippen molar-refractivity contribution < 1.29 is 53.7 Å². The fourth-order valence-electron chi connectivity index (χ4n) is 5.80. The number of anilines is 2. The first-order valence-electron chi connectivity index (χ1n) is 14.6. The summed E-state index contributed by atoms with van der Waals surface area (Å²) in [5.74, 6) is -0.110. The average molecular weight is 681 g/mol. The molecule has 1 fully saturated rings. The number of rotatable bonds is 6. The SMILES string of the molecule is CC(C)OC(=O)N1c2ccc(C(F)(F)F)cc2[C@H](Nc2nnn([C@@H]3CCNC3)[n+]2Cc2cc(C(F)(F)F)cc(C(F)(F)F)c2)C[C@@H]1C. The van der Waals surface area contributed by atoms with Crippen molar-refractivity contribution in [2.24, 2.45) is 0 Å². The van der Waals surface area contributed by atoms with Gasteiger partial charge in [0, 0.05) is 24.6 Å². The van der Waals surface area contributed by atoms with Gasteiger partial charge < -0.3 is 10.1 Å². The molecule has 3 heterocycles. The van der Waals surface area contributed by atoms with Gasteiger partial charge in [0.15, 0.2) is 0 Å². The van der Waals surface area contributed by atoms with E-state index >= 15 is 0 Å². The van der Waals surface area contributed by atoms with Crippen LogP contribution in [0.2, 0.25) is 0 Å². The second-order valence-corrected chi connectivity index (χ2v) is 11.8. The lowest BCUT2D eigenvalue weighted by Crippen LogP contribution is -2.49. The number of ether oxygens (including phenoxy) is 1. The fraction of sp³-hybridized carbons (Fsp3) is 0.517. The first-order valence-corrected chi connectivity index (χ1v) is 14.6. The molecule has 0 unspecified atom stereocenters. The second-order valence-electron chi connectivity index (χ2n) is 11.8. The minimum atomic E-state index is -5.07. The number of carbonyl (C=O) groups is 1. The zero-order chi connectivity index (χ0) is 34.5. The third kappa shape index (κ3) is 7.41. The van der Waals surface area contributed by atoms with Crippen LogP contribution < -0.4 is 20.2 Å². The molecule has 0 radical (unpaired) electrons. The second kappa shape index (κ2) is 12.5. The van der Waals surface area contributed by atoms with Crippen molar-refractivity contribution in [3.63, 3.8) is 0 Å². The molecule has 3 aromatic rings. The number of nitrogens with one attached hydrogen (secondary N) is 2. The standard InChI is InChI=1S/C29H30F9N7O2/c1-15(2)47-26(46)44-16(3)8-23(22-12-18(27(30,31)32)4-5-24(22)44)40-25-41-42-45(21-6-7-39-13-21)43(25)14-17-9-19(28(33,34)35)11-20(10-17)29(36,37)38/h4-5,9-12,15-16,21,23,39H,6-8,13-14H2,1-3H3/p+1/t16-,21+,23+/m0/s1. The van der Waals surface area contributed by atoms with E-state index in [9.17, 15) is 44.3 Å². The molecular weight excluding hydrogens is 649 g/mol. The molecule has 0 aliphatic carbocycles. The van der Waals surface area contributed by atoms with Crippen molar-refractivity contribution in [2.45, 2.75) is 82.9 Å². The van der Waals surface area contributed by atoms with E-state index in [2.05, 4.69) is 20.9 Å². The molecular formula is C29H31F9N7O2+. The summed E-state index contributed by atoms with van der Waals surface area (Å²) in [4.78, 5) is 15.6. The smallest absolute Gasteiger partial charge is 0.416 e. The minimum absolute atomic E-state index is 0.0262. The molecule has 256 valence electrons. The zero-order valence-electron chi connectivity index (χ0n) is 25.3. The van der Waals surface area contributed by atoms with Gasteiger partial charge in [-0.2, -0.15) is 39.5 Å². The van der Waals surface area contributed by atoms with Gasteiger partial charge in [-0.1, -0.05) is 4.80 Å². The molecule has 2 aliphatic heterocycles. The van der Waals surface area contributed by atoms with Crippen molar-refractivity contribution in [1.29, 1.82) is 0 Å². The normalized spacial score (nSPS) is 20.4. The molecule has 2 N–H and O–H groups in total. The molecule has 3 atom stereocenters. The lowest BCUT2D eigenvalue weighted by molar-refractivity contribution is -0.763. The predicted molar refractivity (Wildman–Crippen MR) is 148 cm³/mol. The maximum atomic E-state index is 13.8. The van der Waals surface area contributed by atoms with Gasteiger partial charge in [-0.25, -0.2) is 4.79 Å². The van der Waals surface area contributed by atoms with E-state index in [4.69, 9.17) is 4.74 Å². The number of nitrogens with zero attached hydrogens (tertiary/aromatic N) is 5. The molecule has 1 saturated heterocycles. The number of fused-ring (bicyclic) bond motifs is 1. The van der Waals surface area contributed by atoms with E-state index in [-0.39, 0.29) is 41.3 Å². The summed E-state index contributed by atoms with van der Waals surface area (Å²) in [6.45, 7) is 5.30. The maximum Gasteiger partial charge on any atom is 0.416 e. The highest BCUT2D eigenvalue weighted by atomic mass is 19.4. The summed E-state index contributed by atoms with van der Waals surface area (Å²) in [6, 6.07) is 2.18. The monoisotopic (exact) mass is 680 g/mol. The largest absolute Gasteiger partial charge is 0.446 e. The lowest BCUT2D eigenvalue weighted by atomic mass is 9.90. The molecule has 0 saturated carbocycles. The van der Waals surface area contributed by atoms with Crippen LogP contribution in [0.15, 0.2) is 36.4 Å². The highest BCUT2D eigenvalue weighted by molar-refractivity contribution is 5.90. The summed E-state index contributed by atoms with van der Waals surface area (Å²) in [5.41, 5.74) is -4.16. The fourth-order valence-corrected chi connectivity index (χ4v) is 5.80. The topological polar surface area (TPSA) is 88.2 Å². The number of hydrogen-bond donors (Lipinski definition) is 2. The van der Waals surface area contributed by atoms with E-state index < -0.39 is 66.0 Å². The Labute approximate surface area is 262 Å². The van der Waals surface area contributed by atoms with Gasteiger partial charge in [0.2, 0.25) is 0 Å². The Hall–Kier alpha value is -4.09. The molecule has 9 nitrogen and oxygen atoms in total. The summed E-state index contributed by atoms with van der Waals surface area (Å²) in [6.07, 6.45) is -15.6. The minimum Gasteiger partial charge on any atom is -0.446 e. The van der Waals surface area contributed by atoms with Crippen LogP contribution in [0.3, 0.4) is 0 Å². The molecule has 0 bridgehead atoms. The van der Waals surface area contributed by atoms with Crippen LogP contribution in [-0.4, -0.2) is 46.4 Å². The van der Waals surface area contributed by atoms with Crippen LogP contribution in [0, 0.1) is 0 Å². The number of benzene rings is 2. The molecule has 1 aromatic heterocycles. The van der Waals surface area contributed by atoms with Crippen molar-refractivity contribution in [2.75, 3.05) is 23.3 Å². The van der Waals surface area contributed by atoms with Crippen molar-refractivity contribution in [3.8, 4) is 0 Å². The molecule has 2 aliphatic rings. The Morgan fingerprint density at radius 3 is 2.19 bits per heavy atom. The average Bonchev–Trinajstić information content (AvgIpc) is 3.61. The number of aromatic nitrogens is 4.